The molecule has 140 valence electrons. The van der Waals surface area contributed by atoms with Crippen molar-refractivity contribution in [2.24, 2.45) is 0 Å². The molecule has 3 rings (SSSR count). The van der Waals surface area contributed by atoms with Gasteiger partial charge in [-0.3, -0.25) is 0 Å². The number of hydrogen-bond acceptors (Lipinski definition) is 6. The van der Waals surface area contributed by atoms with Gasteiger partial charge in [0.25, 0.3) is 0 Å². The summed E-state index contributed by atoms with van der Waals surface area (Å²) in [5.74, 6) is 2.66. The standard InChI is InChI=1S/C21H24N4O2/c1-14(2)22-21-24-19(15-8-6-5-7-9-15)13-20(25-21)23-16-10-17(26-3)12-18(11-16)27-4/h5-14H,1-4H3,(H2,22,23,24,25). The first-order chi connectivity index (χ1) is 13.1. The van der Waals surface area contributed by atoms with E-state index in [1.54, 1.807) is 14.2 Å². The van der Waals surface area contributed by atoms with Crippen LogP contribution in [0, 0.1) is 0 Å². The highest BCUT2D eigenvalue weighted by atomic mass is 16.5. The molecule has 0 aliphatic heterocycles. The van der Waals surface area contributed by atoms with E-state index in [2.05, 4.69) is 34.4 Å². The molecule has 0 aliphatic rings. The summed E-state index contributed by atoms with van der Waals surface area (Å²) in [5.41, 5.74) is 2.68. The van der Waals surface area contributed by atoms with E-state index in [0.29, 0.717) is 23.3 Å². The Morgan fingerprint density at radius 2 is 1.52 bits per heavy atom. The van der Waals surface area contributed by atoms with Gasteiger partial charge in [0, 0.05) is 41.6 Å². The molecule has 2 aromatic carbocycles. The topological polar surface area (TPSA) is 68.3 Å². The second-order valence-corrected chi connectivity index (χ2v) is 6.35. The van der Waals surface area contributed by atoms with E-state index < -0.39 is 0 Å². The number of hydrogen-bond donors (Lipinski definition) is 2. The largest absolute Gasteiger partial charge is 0.497 e. The van der Waals surface area contributed by atoms with Crippen molar-refractivity contribution in [3.05, 3.63) is 54.6 Å². The minimum Gasteiger partial charge on any atom is -0.497 e. The van der Waals surface area contributed by atoms with Crippen LogP contribution in [0.2, 0.25) is 0 Å². The van der Waals surface area contributed by atoms with E-state index in [4.69, 9.17) is 9.47 Å². The molecule has 3 aromatic rings. The molecular weight excluding hydrogens is 340 g/mol. The molecular formula is C21H24N4O2. The van der Waals surface area contributed by atoms with Gasteiger partial charge in [0.2, 0.25) is 5.95 Å². The van der Waals surface area contributed by atoms with Crippen molar-refractivity contribution in [3.63, 3.8) is 0 Å². The average molecular weight is 364 g/mol. The fourth-order valence-electron chi connectivity index (χ4n) is 2.62. The van der Waals surface area contributed by atoms with Gasteiger partial charge in [-0.05, 0) is 13.8 Å². The molecule has 0 saturated heterocycles. The lowest BCUT2D eigenvalue weighted by atomic mass is 10.1. The normalized spacial score (nSPS) is 10.6. The van der Waals surface area contributed by atoms with E-state index in [0.717, 1.165) is 16.9 Å². The van der Waals surface area contributed by atoms with Gasteiger partial charge in [-0.2, -0.15) is 4.98 Å². The van der Waals surface area contributed by atoms with Crippen LogP contribution >= 0.6 is 0 Å². The maximum absolute atomic E-state index is 5.34. The number of nitrogens with zero attached hydrogens (tertiary/aromatic N) is 2. The maximum Gasteiger partial charge on any atom is 0.225 e. The van der Waals surface area contributed by atoms with Gasteiger partial charge < -0.3 is 20.1 Å². The Bertz CT molecular complexity index is 876. The fraction of sp³-hybridized carbons (Fsp3) is 0.238. The summed E-state index contributed by atoms with van der Waals surface area (Å²) in [6.45, 7) is 4.11. The van der Waals surface area contributed by atoms with Gasteiger partial charge in [0.15, 0.2) is 0 Å². The minimum absolute atomic E-state index is 0.223. The third-order valence-corrected chi connectivity index (χ3v) is 3.84. The van der Waals surface area contributed by atoms with Crippen LogP contribution in [-0.2, 0) is 0 Å². The summed E-state index contributed by atoms with van der Waals surface area (Å²) in [7, 11) is 3.25. The Morgan fingerprint density at radius 1 is 0.852 bits per heavy atom. The number of nitrogens with one attached hydrogen (secondary N) is 2. The number of ether oxygens (including phenoxy) is 2. The summed E-state index contributed by atoms with van der Waals surface area (Å²) in [4.78, 5) is 9.23. The molecule has 6 nitrogen and oxygen atoms in total. The van der Waals surface area contributed by atoms with Crippen LogP contribution in [0.4, 0.5) is 17.5 Å². The molecule has 0 unspecified atom stereocenters. The molecule has 0 radical (unpaired) electrons. The highest BCUT2D eigenvalue weighted by Gasteiger charge is 2.09. The van der Waals surface area contributed by atoms with Crippen LogP contribution in [0.3, 0.4) is 0 Å². The highest BCUT2D eigenvalue weighted by Crippen LogP contribution is 2.29. The van der Waals surface area contributed by atoms with Crippen molar-refractivity contribution in [2.75, 3.05) is 24.9 Å². The average Bonchev–Trinajstić information content (AvgIpc) is 2.67. The molecule has 1 aromatic heterocycles. The number of aromatic nitrogens is 2. The van der Waals surface area contributed by atoms with Crippen LogP contribution < -0.4 is 20.1 Å². The fourth-order valence-corrected chi connectivity index (χ4v) is 2.62. The molecule has 0 spiro atoms. The van der Waals surface area contributed by atoms with Crippen LogP contribution in [0.15, 0.2) is 54.6 Å². The number of anilines is 3. The predicted octanol–water partition coefficient (Wildman–Crippen LogP) is 4.72. The smallest absolute Gasteiger partial charge is 0.225 e. The zero-order valence-electron chi connectivity index (χ0n) is 16.0. The van der Waals surface area contributed by atoms with Gasteiger partial charge in [-0.1, -0.05) is 30.3 Å². The lowest BCUT2D eigenvalue weighted by Crippen LogP contribution is -2.13. The zero-order chi connectivity index (χ0) is 19.2. The molecule has 0 atom stereocenters. The molecule has 27 heavy (non-hydrogen) atoms. The molecule has 0 saturated carbocycles. The van der Waals surface area contributed by atoms with Gasteiger partial charge in [0.05, 0.1) is 19.9 Å². The van der Waals surface area contributed by atoms with E-state index in [1.165, 1.54) is 0 Å². The Labute approximate surface area is 159 Å². The number of benzene rings is 2. The van der Waals surface area contributed by atoms with Gasteiger partial charge >= 0.3 is 0 Å². The number of rotatable bonds is 7. The maximum atomic E-state index is 5.34. The van der Waals surface area contributed by atoms with E-state index in [9.17, 15) is 0 Å². The third kappa shape index (κ3) is 4.88. The monoisotopic (exact) mass is 364 g/mol. The minimum atomic E-state index is 0.223. The molecule has 0 bridgehead atoms. The van der Waals surface area contributed by atoms with E-state index in [-0.39, 0.29) is 6.04 Å². The lowest BCUT2D eigenvalue weighted by molar-refractivity contribution is 0.395. The van der Waals surface area contributed by atoms with Crippen molar-refractivity contribution in [2.45, 2.75) is 19.9 Å². The second-order valence-electron chi connectivity index (χ2n) is 6.35. The molecule has 0 aliphatic carbocycles. The van der Waals surface area contributed by atoms with E-state index >= 15 is 0 Å². The molecule has 0 fully saturated rings. The number of methoxy groups -OCH3 is 2. The van der Waals surface area contributed by atoms with Crippen LogP contribution in [0.25, 0.3) is 11.3 Å². The van der Waals surface area contributed by atoms with E-state index in [1.807, 2.05) is 54.6 Å². The summed E-state index contributed by atoms with van der Waals surface area (Å²) in [6, 6.07) is 17.8. The predicted molar refractivity (Wildman–Crippen MR) is 109 cm³/mol. The van der Waals surface area contributed by atoms with Gasteiger partial charge in [0.1, 0.15) is 17.3 Å². The Balaban J connectivity index is 1.99. The second kappa shape index (κ2) is 8.40. The van der Waals surface area contributed by atoms with Crippen molar-refractivity contribution in [1.29, 1.82) is 0 Å². The Hall–Kier alpha value is -3.28. The molecule has 6 heteroatoms. The van der Waals surface area contributed by atoms with Crippen molar-refractivity contribution in [3.8, 4) is 22.8 Å². The Morgan fingerprint density at radius 3 is 2.11 bits per heavy atom. The summed E-state index contributed by atoms with van der Waals surface area (Å²) in [5, 5.41) is 6.60. The Kier molecular flexibility index (Phi) is 5.76. The first kappa shape index (κ1) is 18.5. The van der Waals surface area contributed by atoms with Crippen LogP contribution in [-0.4, -0.2) is 30.2 Å². The molecule has 2 N–H and O–H groups in total. The summed E-state index contributed by atoms with van der Waals surface area (Å²) < 4.78 is 10.7. The van der Waals surface area contributed by atoms with Gasteiger partial charge in [-0.25, -0.2) is 4.98 Å². The summed E-state index contributed by atoms with van der Waals surface area (Å²) >= 11 is 0. The quantitative estimate of drug-likeness (QED) is 0.632. The van der Waals surface area contributed by atoms with Crippen molar-refractivity contribution < 1.29 is 9.47 Å². The molecule has 0 amide bonds. The molecule has 1 heterocycles. The van der Waals surface area contributed by atoms with Gasteiger partial charge in [-0.15, -0.1) is 0 Å². The third-order valence-electron chi connectivity index (χ3n) is 3.84. The van der Waals surface area contributed by atoms with Crippen LogP contribution in [0.1, 0.15) is 13.8 Å². The first-order valence-electron chi connectivity index (χ1n) is 8.78. The van der Waals surface area contributed by atoms with Crippen molar-refractivity contribution >= 4 is 17.5 Å². The van der Waals surface area contributed by atoms with Crippen molar-refractivity contribution in [1.82, 2.24) is 9.97 Å². The SMILES string of the molecule is COc1cc(Nc2cc(-c3ccccc3)nc(NC(C)C)n2)cc(OC)c1. The first-order valence-corrected chi connectivity index (χ1v) is 8.78. The summed E-state index contributed by atoms with van der Waals surface area (Å²) in [6.07, 6.45) is 0. The zero-order valence-corrected chi connectivity index (χ0v) is 16.0. The van der Waals surface area contributed by atoms with Crippen LogP contribution in [0.5, 0.6) is 11.5 Å². The highest BCUT2D eigenvalue weighted by molar-refractivity contribution is 5.68. The lowest BCUT2D eigenvalue weighted by Gasteiger charge is -2.14.